The van der Waals surface area contributed by atoms with E-state index in [4.69, 9.17) is 4.74 Å². The largest absolute Gasteiger partial charge is 0.494 e. The summed E-state index contributed by atoms with van der Waals surface area (Å²) in [7, 11) is 1.64. The normalized spacial score (nSPS) is 11.2. The first-order chi connectivity index (χ1) is 12.5. The molecular formula is C20H19FN4O. The number of hydrogen-bond acceptors (Lipinski definition) is 3. The molecule has 0 atom stereocenters. The highest BCUT2D eigenvalue weighted by Crippen LogP contribution is 2.36. The predicted octanol–water partition coefficient (Wildman–Crippen LogP) is 4.31. The van der Waals surface area contributed by atoms with Crippen molar-refractivity contribution < 1.29 is 9.13 Å². The average molecular weight is 350 g/mol. The number of imidazole rings is 2. The number of methoxy groups -OCH3 is 1. The zero-order chi connectivity index (χ0) is 18.3. The lowest BCUT2D eigenvalue weighted by Gasteiger charge is -2.09. The van der Waals surface area contributed by atoms with Gasteiger partial charge in [0, 0.05) is 18.3 Å². The van der Waals surface area contributed by atoms with Crippen molar-refractivity contribution in [2.75, 3.05) is 7.11 Å². The zero-order valence-electron chi connectivity index (χ0n) is 14.9. The second-order valence-corrected chi connectivity index (χ2v) is 6.38. The first-order valence-electron chi connectivity index (χ1n) is 8.37. The Morgan fingerprint density at radius 2 is 1.88 bits per heavy atom. The number of nitrogens with one attached hydrogen (secondary N) is 2. The maximum absolute atomic E-state index is 13.1. The van der Waals surface area contributed by atoms with E-state index >= 15 is 0 Å². The zero-order valence-corrected chi connectivity index (χ0v) is 14.9. The van der Waals surface area contributed by atoms with Crippen LogP contribution in [0.4, 0.5) is 4.39 Å². The maximum Gasteiger partial charge on any atom is 0.157 e. The summed E-state index contributed by atoms with van der Waals surface area (Å²) < 4.78 is 18.7. The van der Waals surface area contributed by atoms with Gasteiger partial charge < -0.3 is 14.7 Å². The molecule has 0 bridgehead atoms. The molecule has 0 spiro atoms. The highest BCUT2D eigenvalue weighted by Gasteiger charge is 2.18. The fourth-order valence-corrected chi connectivity index (χ4v) is 3.21. The molecule has 2 heterocycles. The predicted molar refractivity (Wildman–Crippen MR) is 98.9 cm³/mol. The highest BCUT2D eigenvalue weighted by atomic mass is 19.1. The van der Waals surface area contributed by atoms with E-state index < -0.39 is 0 Å². The fourth-order valence-electron chi connectivity index (χ4n) is 3.21. The second kappa shape index (κ2) is 6.29. The van der Waals surface area contributed by atoms with Crippen LogP contribution in [0.1, 0.15) is 22.6 Å². The third kappa shape index (κ3) is 2.83. The average Bonchev–Trinajstić information content (AvgIpc) is 3.23. The van der Waals surface area contributed by atoms with Gasteiger partial charge in [0.25, 0.3) is 0 Å². The van der Waals surface area contributed by atoms with Crippen LogP contribution in [-0.4, -0.2) is 27.0 Å². The van der Waals surface area contributed by atoms with Gasteiger partial charge in [0.05, 0.1) is 18.2 Å². The van der Waals surface area contributed by atoms with E-state index in [1.807, 2.05) is 19.9 Å². The van der Waals surface area contributed by atoms with Gasteiger partial charge in [0.2, 0.25) is 0 Å². The summed E-state index contributed by atoms with van der Waals surface area (Å²) in [5.74, 6) is 2.03. The first-order valence-corrected chi connectivity index (χ1v) is 8.37. The highest BCUT2D eigenvalue weighted by molar-refractivity contribution is 5.91. The quantitative estimate of drug-likeness (QED) is 0.576. The van der Waals surface area contributed by atoms with Gasteiger partial charge in [-0.3, -0.25) is 0 Å². The second-order valence-electron chi connectivity index (χ2n) is 6.38. The Morgan fingerprint density at radius 3 is 2.62 bits per heavy atom. The Kier molecular flexibility index (Phi) is 3.95. The number of nitrogens with zero attached hydrogens (tertiary/aromatic N) is 2. The van der Waals surface area contributed by atoms with Gasteiger partial charge in [-0.25, -0.2) is 14.4 Å². The molecule has 132 valence electrons. The Morgan fingerprint density at radius 1 is 1.12 bits per heavy atom. The number of aryl methyl sites for hydroxylation is 2. The summed E-state index contributed by atoms with van der Waals surface area (Å²) in [6.07, 6.45) is 2.45. The molecule has 4 aromatic rings. The van der Waals surface area contributed by atoms with Crippen LogP contribution in [0.15, 0.2) is 36.5 Å². The molecule has 0 saturated carbocycles. The van der Waals surface area contributed by atoms with E-state index in [1.54, 1.807) is 25.4 Å². The Bertz CT molecular complexity index is 1080. The molecule has 0 radical (unpaired) electrons. The van der Waals surface area contributed by atoms with Gasteiger partial charge in [-0.15, -0.1) is 0 Å². The molecule has 5 nitrogen and oxygen atoms in total. The number of aromatic nitrogens is 4. The van der Waals surface area contributed by atoms with E-state index in [2.05, 4.69) is 19.9 Å². The van der Waals surface area contributed by atoms with Gasteiger partial charge in [-0.2, -0.15) is 0 Å². The van der Waals surface area contributed by atoms with Gasteiger partial charge in [0.15, 0.2) is 5.75 Å². The lowest BCUT2D eigenvalue weighted by molar-refractivity contribution is 0.420. The van der Waals surface area contributed by atoms with Gasteiger partial charge in [0.1, 0.15) is 23.0 Å². The minimum atomic E-state index is -0.234. The molecule has 0 aliphatic rings. The summed E-state index contributed by atoms with van der Waals surface area (Å²) in [4.78, 5) is 15.7. The van der Waals surface area contributed by atoms with E-state index in [0.29, 0.717) is 12.2 Å². The number of fused-ring (bicyclic) bond motifs is 1. The lowest BCUT2D eigenvalue weighted by Crippen LogP contribution is -1.94. The van der Waals surface area contributed by atoms with E-state index in [9.17, 15) is 4.39 Å². The number of hydrogen-bond donors (Lipinski definition) is 2. The molecule has 2 aromatic carbocycles. The minimum Gasteiger partial charge on any atom is -0.494 e. The number of H-pyrrole nitrogens is 2. The van der Waals surface area contributed by atoms with Crippen molar-refractivity contribution >= 4 is 11.0 Å². The lowest BCUT2D eigenvalue weighted by atomic mass is 10.1. The molecule has 2 N–H and O–H groups in total. The number of rotatable bonds is 4. The maximum atomic E-state index is 13.1. The molecule has 0 aliphatic carbocycles. The summed E-state index contributed by atoms with van der Waals surface area (Å²) in [6.45, 7) is 3.96. The van der Waals surface area contributed by atoms with Crippen LogP contribution in [0.3, 0.4) is 0 Å². The van der Waals surface area contributed by atoms with Crippen molar-refractivity contribution in [1.82, 2.24) is 19.9 Å². The molecule has 0 unspecified atom stereocenters. The molecule has 6 heteroatoms. The molecule has 2 aromatic heterocycles. The van der Waals surface area contributed by atoms with Crippen LogP contribution in [0.2, 0.25) is 0 Å². The Balaban J connectivity index is 1.74. The van der Waals surface area contributed by atoms with Crippen molar-refractivity contribution in [2.45, 2.75) is 20.3 Å². The van der Waals surface area contributed by atoms with E-state index in [1.165, 1.54) is 12.1 Å². The van der Waals surface area contributed by atoms with Crippen molar-refractivity contribution in [3.8, 4) is 17.1 Å². The SMILES string of the molecule is COc1c(-c2ncc(Cc3ccc(F)cc3)[nH]2)cc(C)c2[nH]c(C)nc12. The molecule has 0 fully saturated rings. The fraction of sp³-hybridized carbons (Fsp3) is 0.200. The minimum absolute atomic E-state index is 0.234. The topological polar surface area (TPSA) is 66.6 Å². The smallest absolute Gasteiger partial charge is 0.157 e. The summed E-state index contributed by atoms with van der Waals surface area (Å²) in [5, 5.41) is 0. The Hall–Kier alpha value is -3.15. The molecule has 0 amide bonds. The van der Waals surface area contributed by atoms with E-state index in [-0.39, 0.29) is 5.82 Å². The molecule has 0 aliphatic heterocycles. The van der Waals surface area contributed by atoms with Crippen LogP contribution in [-0.2, 0) is 6.42 Å². The molecule has 26 heavy (non-hydrogen) atoms. The van der Waals surface area contributed by atoms with Gasteiger partial charge in [-0.05, 0) is 43.2 Å². The summed E-state index contributed by atoms with van der Waals surface area (Å²) >= 11 is 0. The molecule has 4 rings (SSSR count). The number of aromatic amines is 2. The standard InChI is InChI=1S/C20H19FN4O/c1-11-8-16(19(26-3)18-17(11)23-12(2)24-18)20-22-10-15(25-20)9-13-4-6-14(21)7-5-13/h4-8,10H,9H2,1-3H3,(H,22,25)(H,23,24). The first kappa shape index (κ1) is 16.3. The third-order valence-electron chi connectivity index (χ3n) is 4.43. The van der Waals surface area contributed by atoms with Crippen LogP contribution < -0.4 is 4.74 Å². The van der Waals surface area contributed by atoms with Crippen LogP contribution in [0.5, 0.6) is 5.75 Å². The van der Waals surface area contributed by atoms with Crippen LogP contribution >= 0.6 is 0 Å². The van der Waals surface area contributed by atoms with Crippen molar-refractivity contribution in [1.29, 1.82) is 0 Å². The molecule has 0 saturated heterocycles. The molecular weight excluding hydrogens is 331 g/mol. The van der Waals surface area contributed by atoms with E-state index in [0.717, 1.165) is 45.1 Å². The van der Waals surface area contributed by atoms with Crippen molar-refractivity contribution in [3.63, 3.8) is 0 Å². The van der Waals surface area contributed by atoms with Crippen LogP contribution in [0.25, 0.3) is 22.4 Å². The summed E-state index contributed by atoms with van der Waals surface area (Å²) in [6, 6.07) is 8.53. The van der Waals surface area contributed by atoms with Gasteiger partial charge >= 0.3 is 0 Å². The number of ether oxygens (including phenoxy) is 1. The van der Waals surface area contributed by atoms with Gasteiger partial charge in [-0.1, -0.05) is 12.1 Å². The third-order valence-corrected chi connectivity index (χ3v) is 4.43. The van der Waals surface area contributed by atoms with Crippen molar-refractivity contribution in [2.24, 2.45) is 0 Å². The Labute approximate surface area is 150 Å². The monoisotopic (exact) mass is 350 g/mol. The number of benzene rings is 2. The number of halogens is 1. The van der Waals surface area contributed by atoms with Crippen LogP contribution in [0, 0.1) is 19.7 Å². The van der Waals surface area contributed by atoms with Crippen molar-refractivity contribution in [3.05, 3.63) is 65.0 Å². The summed E-state index contributed by atoms with van der Waals surface area (Å²) in [5.41, 5.74) is 5.69.